The highest BCUT2D eigenvalue weighted by Crippen LogP contribution is 1.97. The van der Waals surface area contributed by atoms with Gasteiger partial charge in [0.15, 0.2) is 0 Å². The van der Waals surface area contributed by atoms with Crippen LogP contribution in [0.15, 0.2) is 0 Å². The van der Waals surface area contributed by atoms with Crippen LogP contribution in [0.2, 0.25) is 0 Å². The molecular formula is C8H14O4. The van der Waals surface area contributed by atoms with Crippen molar-refractivity contribution in [1.29, 1.82) is 0 Å². The molecular weight excluding hydrogens is 160 g/mol. The number of rotatable bonds is 4. The molecule has 0 aromatic heterocycles. The van der Waals surface area contributed by atoms with Gasteiger partial charge in [0.25, 0.3) is 0 Å². The highest BCUT2D eigenvalue weighted by atomic mass is 16.6. The maximum atomic E-state index is 10.8. The molecule has 0 aromatic rings. The van der Waals surface area contributed by atoms with Crippen LogP contribution in [0.4, 0.5) is 0 Å². The Hall–Kier alpha value is -0.900. The van der Waals surface area contributed by atoms with Gasteiger partial charge in [-0.1, -0.05) is 13.3 Å². The SMILES string of the molecule is CCCCC(=O)OC(=O)[C@H](C)O. The number of hydrogen-bond acceptors (Lipinski definition) is 4. The van der Waals surface area contributed by atoms with E-state index >= 15 is 0 Å². The molecule has 0 fully saturated rings. The highest BCUT2D eigenvalue weighted by Gasteiger charge is 2.14. The summed E-state index contributed by atoms with van der Waals surface area (Å²) in [7, 11) is 0. The third-order valence-corrected chi connectivity index (χ3v) is 1.29. The fraction of sp³-hybridized carbons (Fsp3) is 0.750. The Kier molecular flexibility index (Phi) is 5.28. The molecule has 0 aliphatic heterocycles. The summed E-state index contributed by atoms with van der Waals surface area (Å²) in [5, 5.41) is 8.67. The second kappa shape index (κ2) is 5.71. The van der Waals surface area contributed by atoms with Gasteiger partial charge in [-0.15, -0.1) is 0 Å². The molecule has 0 saturated heterocycles. The largest absolute Gasteiger partial charge is 0.391 e. The van der Waals surface area contributed by atoms with Crippen molar-refractivity contribution in [2.24, 2.45) is 0 Å². The molecule has 4 nitrogen and oxygen atoms in total. The standard InChI is InChI=1S/C8H14O4/c1-3-4-5-7(10)12-8(11)6(2)9/h6,9H,3-5H2,1-2H3/t6-/m0/s1. The lowest BCUT2D eigenvalue weighted by molar-refractivity contribution is -0.165. The summed E-state index contributed by atoms with van der Waals surface area (Å²) in [5.74, 6) is -1.45. The topological polar surface area (TPSA) is 63.6 Å². The fourth-order valence-corrected chi connectivity index (χ4v) is 0.570. The number of ether oxygens (including phenoxy) is 1. The number of esters is 2. The lowest BCUT2D eigenvalue weighted by Crippen LogP contribution is -2.22. The number of hydrogen-bond donors (Lipinski definition) is 1. The number of carbonyl (C=O) groups excluding carboxylic acids is 2. The molecule has 0 radical (unpaired) electrons. The van der Waals surface area contributed by atoms with Crippen LogP contribution >= 0.6 is 0 Å². The molecule has 12 heavy (non-hydrogen) atoms. The maximum Gasteiger partial charge on any atom is 0.342 e. The minimum Gasteiger partial charge on any atom is -0.391 e. The van der Waals surface area contributed by atoms with Crippen LogP contribution in [0.25, 0.3) is 0 Å². The van der Waals surface area contributed by atoms with Gasteiger partial charge in [0.05, 0.1) is 0 Å². The average molecular weight is 174 g/mol. The van der Waals surface area contributed by atoms with E-state index in [4.69, 9.17) is 5.11 Å². The van der Waals surface area contributed by atoms with Crippen LogP contribution in [0.1, 0.15) is 33.1 Å². The van der Waals surface area contributed by atoms with Crippen molar-refractivity contribution < 1.29 is 19.4 Å². The predicted octanol–water partition coefficient (Wildman–Crippen LogP) is 0.627. The van der Waals surface area contributed by atoms with Crippen molar-refractivity contribution in [3.8, 4) is 0 Å². The highest BCUT2D eigenvalue weighted by molar-refractivity contribution is 5.87. The molecule has 0 spiro atoms. The van der Waals surface area contributed by atoms with Gasteiger partial charge in [0, 0.05) is 6.42 Å². The van der Waals surface area contributed by atoms with E-state index < -0.39 is 18.0 Å². The van der Waals surface area contributed by atoms with Crippen molar-refractivity contribution in [1.82, 2.24) is 0 Å². The second-order valence-electron chi connectivity index (χ2n) is 2.57. The smallest absolute Gasteiger partial charge is 0.342 e. The zero-order chi connectivity index (χ0) is 9.56. The van der Waals surface area contributed by atoms with Crippen LogP contribution in [0.3, 0.4) is 0 Å². The lowest BCUT2D eigenvalue weighted by Gasteiger charge is -2.03. The zero-order valence-corrected chi connectivity index (χ0v) is 7.37. The van der Waals surface area contributed by atoms with Gasteiger partial charge in [-0.2, -0.15) is 0 Å². The van der Waals surface area contributed by atoms with Gasteiger partial charge >= 0.3 is 11.9 Å². The first kappa shape index (κ1) is 11.1. The van der Waals surface area contributed by atoms with E-state index in [-0.39, 0.29) is 6.42 Å². The van der Waals surface area contributed by atoms with Crippen molar-refractivity contribution in [3.63, 3.8) is 0 Å². The minimum atomic E-state index is -1.23. The Morgan fingerprint density at radius 2 is 2.08 bits per heavy atom. The molecule has 70 valence electrons. The van der Waals surface area contributed by atoms with E-state index in [9.17, 15) is 9.59 Å². The maximum absolute atomic E-state index is 10.8. The van der Waals surface area contributed by atoms with Crippen LogP contribution in [0.5, 0.6) is 0 Å². The van der Waals surface area contributed by atoms with E-state index in [0.717, 1.165) is 6.42 Å². The molecule has 0 aliphatic rings. The third-order valence-electron chi connectivity index (χ3n) is 1.29. The summed E-state index contributed by atoms with van der Waals surface area (Å²) in [6, 6.07) is 0. The molecule has 0 aromatic carbocycles. The monoisotopic (exact) mass is 174 g/mol. The Morgan fingerprint density at radius 1 is 1.50 bits per heavy atom. The second-order valence-corrected chi connectivity index (χ2v) is 2.57. The van der Waals surface area contributed by atoms with E-state index in [1.165, 1.54) is 6.92 Å². The van der Waals surface area contributed by atoms with Gasteiger partial charge in [-0.25, -0.2) is 4.79 Å². The van der Waals surface area contributed by atoms with Gasteiger partial charge in [0.1, 0.15) is 6.10 Å². The summed E-state index contributed by atoms with van der Waals surface area (Å²) in [6.45, 7) is 3.19. The van der Waals surface area contributed by atoms with Crippen molar-refractivity contribution in [2.45, 2.75) is 39.2 Å². The lowest BCUT2D eigenvalue weighted by atomic mass is 10.2. The fourth-order valence-electron chi connectivity index (χ4n) is 0.570. The van der Waals surface area contributed by atoms with Crippen molar-refractivity contribution >= 4 is 11.9 Å². The first-order valence-corrected chi connectivity index (χ1v) is 4.00. The molecule has 1 N–H and O–H groups in total. The molecule has 0 heterocycles. The van der Waals surface area contributed by atoms with Gasteiger partial charge in [-0.05, 0) is 13.3 Å². The summed E-state index contributed by atoms with van der Waals surface area (Å²) in [5.41, 5.74) is 0. The predicted molar refractivity (Wildman–Crippen MR) is 42.3 cm³/mol. The summed E-state index contributed by atoms with van der Waals surface area (Å²) < 4.78 is 4.29. The van der Waals surface area contributed by atoms with E-state index in [1.54, 1.807) is 0 Å². The number of carbonyl (C=O) groups is 2. The third kappa shape index (κ3) is 4.85. The average Bonchev–Trinajstić information content (AvgIpc) is 2.00. The first-order chi connectivity index (χ1) is 5.57. The summed E-state index contributed by atoms with van der Waals surface area (Å²) in [4.78, 5) is 21.4. The number of aliphatic hydroxyl groups is 1. The Balaban J connectivity index is 3.62. The Morgan fingerprint density at radius 3 is 2.50 bits per heavy atom. The zero-order valence-electron chi connectivity index (χ0n) is 7.37. The van der Waals surface area contributed by atoms with Crippen LogP contribution < -0.4 is 0 Å². The van der Waals surface area contributed by atoms with Gasteiger partial charge in [0.2, 0.25) is 0 Å². The molecule has 0 unspecified atom stereocenters. The summed E-state index contributed by atoms with van der Waals surface area (Å²) in [6.07, 6.45) is 0.578. The Bertz CT molecular complexity index is 162. The van der Waals surface area contributed by atoms with Gasteiger partial charge in [-0.3, -0.25) is 4.79 Å². The van der Waals surface area contributed by atoms with E-state index in [1.807, 2.05) is 6.92 Å². The van der Waals surface area contributed by atoms with Crippen LogP contribution in [0, 0.1) is 0 Å². The number of aliphatic hydroxyl groups excluding tert-OH is 1. The number of unbranched alkanes of at least 4 members (excludes halogenated alkanes) is 1. The minimum absolute atomic E-state index is 0.231. The molecule has 4 heteroatoms. The van der Waals surface area contributed by atoms with Crippen molar-refractivity contribution in [3.05, 3.63) is 0 Å². The first-order valence-electron chi connectivity index (χ1n) is 4.00. The Labute approximate surface area is 71.5 Å². The molecule has 0 amide bonds. The van der Waals surface area contributed by atoms with E-state index in [0.29, 0.717) is 6.42 Å². The van der Waals surface area contributed by atoms with E-state index in [2.05, 4.69) is 4.74 Å². The van der Waals surface area contributed by atoms with Crippen LogP contribution in [-0.4, -0.2) is 23.1 Å². The molecule has 0 saturated carbocycles. The molecule has 0 bridgehead atoms. The molecule has 0 aliphatic carbocycles. The van der Waals surface area contributed by atoms with Crippen molar-refractivity contribution in [2.75, 3.05) is 0 Å². The summed E-state index contributed by atoms with van der Waals surface area (Å²) >= 11 is 0. The quantitative estimate of drug-likeness (QED) is 0.501. The van der Waals surface area contributed by atoms with Gasteiger partial charge < -0.3 is 9.84 Å². The normalized spacial score (nSPS) is 12.2. The molecule has 0 rings (SSSR count). The van der Waals surface area contributed by atoms with Crippen LogP contribution in [-0.2, 0) is 14.3 Å². The molecule has 1 atom stereocenters.